The third-order valence-electron chi connectivity index (χ3n) is 3.87. The van der Waals surface area contributed by atoms with Crippen LogP contribution in [0.1, 0.15) is 23.2 Å². The molecule has 1 saturated heterocycles. The van der Waals surface area contributed by atoms with Gasteiger partial charge in [0.15, 0.2) is 6.61 Å². The lowest BCUT2D eigenvalue weighted by molar-refractivity contribution is -0.135. The number of rotatable bonds is 6. The Morgan fingerprint density at radius 3 is 2.73 bits per heavy atom. The Hall–Kier alpha value is -2.08. The smallest absolute Gasteiger partial charge is 0.260 e. The zero-order valence-corrected chi connectivity index (χ0v) is 12.9. The van der Waals surface area contributed by atoms with E-state index in [0.717, 1.165) is 32.5 Å². The summed E-state index contributed by atoms with van der Waals surface area (Å²) in [6.45, 7) is 2.52. The maximum absolute atomic E-state index is 12.2. The highest BCUT2D eigenvalue weighted by molar-refractivity contribution is 5.92. The number of nitrogens with one attached hydrogen (secondary N) is 1. The second kappa shape index (κ2) is 7.79. The van der Waals surface area contributed by atoms with E-state index in [-0.39, 0.29) is 12.5 Å². The summed E-state index contributed by atoms with van der Waals surface area (Å²) in [5.41, 5.74) is 5.60. The van der Waals surface area contributed by atoms with Crippen LogP contribution in [0.4, 0.5) is 0 Å². The number of primary amides is 1. The fourth-order valence-electron chi connectivity index (χ4n) is 2.70. The molecule has 1 aliphatic heterocycles. The van der Waals surface area contributed by atoms with Crippen molar-refractivity contribution in [3.05, 3.63) is 29.8 Å². The van der Waals surface area contributed by atoms with Crippen LogP contribution in [0.5, 0.6) is 5.75 Å². The van der Waals surface area contributed by atoms with Gasteiger partial charge in [-0.1, -0.05) is 0 Å². The van der Waals surface area contributed by atoms with Crippen LogP contribution in [-0.2, 0) is 4.79 Å². The molecule has 1 atom stereocenters. The van der Waals surface area contributed by atoms with Crippen molar-refractivity contribution in [1.29, 1.82) is 0 Å². The summed E-state index contributed by atoms with van der Waals surface area (Å²) in [4.78, 5) is 25.1. The van der Waals surface area contributed by atoms with Crippen molar-refractivity contribution in [1.82, 2.24) is 10.2 Å². The minimum Gasteiger partial charge on any atom is -0.484 e. The number of piperidine rings is 1. The minimum atomic E-state index is -0.480. The SMILES string of the molecule is CNCC1CCCN(C(=O)COc2ccc(C(N)=O)cc2)C1. The molecule has 2 amide bonds. The topological polar surface area (TPSA) is 84.7 Å². The van der Waals surface area contributed by atoms with Crippen molar-refractivity contribution >= 4 is 11.8 Å². The fraction of sp³-hybridized carbons (Fsp3) is 0.500. The standard InChI is InChI=1S/C16H23N3O3/c1-18-9-12-3-2-8-19(10-12)15(20)11-22-14-6-4-13(5-7-14)16(17)21/h4-7,12,18H,2-3,8-11H2,1H3,(H2,17,21). The molecular weight excluding hydrogens is 282 g/mol. The summed E-state index contributed by atoms with van der Waals surface area (Å²) in [6, 6.07) is 6.47. The average molecular weight is 305 g/mol. The Kier molecular flexibility index (Phi) is 5.77. The number of likely N-dealkylation sites (tertiary alicyclic amines) is 1. The molecule has 6 heteroatoms. The van der Waals surface area contributed by atoms with Gasteiger partial charge >= 0.3 is 0 Å². The molecule has 1 aromatic rings. The van der Waals surface area contributed by atoms with E-state index in [1.165, 1.54) is 0 Å². The van der Waals surface area contributed by atoms with E-state index in [2.05, 4.69) is 5.32 Å². The number of nitrogens with two attached hydrogens (primary N) is 1. The predicted octanol–water partition coefficient (Wildman–Crippen LogP) is 0.622. The number of hydrogen-bond donors (Lipinski definition) is 2. The van der Waals surface area contributed by atoms with Crippen molar-refractivity contribution in [3.8, 4) is 5.75 Å². The van der Waals surface area contributed by atoms with Gasteiger partial charge in [-0.3, -0.25) is 9.59 Å². The molecule has 1 aliphatic rings. The molecular formula is C16H23N3O3. The molecule has 2 rings (SSSR count). The molecule has 3 N–H and O–H groups in total. The van der Waals surface area contributed by atoms with E-state index in [1.807, 2.05) is 11.9 Å². The molecule has 1 aromatic carbocycles. The van der Waals surface area contributed by atoms with Crippen LogP contribution in [0.2, 0.25) is 0 Å². The third-order valence-corrected chi connectivity index (χ3v) is 3.87. The van der Waals surface area contributed by atoms with Gasteiger partial charge in [0, 0.05) is 18.7 Å². The first-order chi connectivity index (χ1) is 10.6. The van der Waals surface area contributed by atoms with Gasteiger partial charge in [-0.05, 0) is 56.6 Å². The number of carbonyl (C=O) groups is 2. The number of nitrogens with zero attached hydrogens (tertiary/aromatic N) is 1. The van der Waals surface area contributed by atoms with Crippen LogP contribution in [0.15, 0.2) is 24.3 Å². The molecule has 0 aromatic heterocycles. The van der Waals surface area contributed by atoms with Crippen LogP contribution in [0, 0.1) is 5.92 Å². The van der Waals surface area contributed by atoms with Crippen LogP contribution in [-0.4, -0.2) is 50.0 Å². The summed E-state index contributed by atoms with van der Waals surface area (Å²) in [5, 5.41) is 3.16. The molecule has 1 unspecified atom stereocenters. The van der Waals surface area contributed by atoms with Crippen molar-refractivity contribution < 1.29 is 14.3 Å². The Labute approximate surface area is 130 Å². The molecule has 22 heavy (non-hydrogen) atoms. The quantitative estimate of drug-likeness (QED) is 0.807. The second-order valence-corrected chi connectivity index (χ2v) is 5.58. The van der Waals surface area contributed by atoms with E-state index in [0.29, 0.717) is 17.2 Å². The van der Waals surface area contributed by atoms with Gasteiger partial charge < -0.3 is 20.7 Å². The lowest BCUT2D eigenvalue weighted by Crippen LogP contribution is -2.44. The summed E-state index contributed by atoms with van der Waals surface area (Å²) >= 11 is 0. The molecule has 6 nitrogen and oxygen atoms in total. The number of amides is 2. The maximum Gasteiger partial charge on any atom is 0.260 e. The predicted molar refractivity (Wildman–Crippen MR) is 83.7 cm³/mol. The molecule has 0 radical (unpaired) electrons. The zero-order chi connectivity index (χ0) is 15.9. The molecule has 1 heterocycles. The summed E-state index contributed by atoms with van der Waals surface area (Å²) < 4.78 is 5.49. The first-order valence-corrected chi connectivity index (χ1v) is 7.55. The van der Waals surface area contributed by atoms with Crippen LogP contribution in [0.3, 0.4) is 0 Å². The van der Waals surface area contributed by atoms with Crippen molar-refractivity contribution in [2.45, 2.75) is 12.8 Å². The van der Waals surface area contributed by atoms with Crippen molar-refractivity contribution in [3.63, 3.8) is 0 Å². The number of ether oxygens (including phenoxy) is 1. The normalized spacial score (nSPS) is 18.0. The highest BCUT2D eigenvalue weighted by Gasteiger charge is 2.23. The molecule has 0 saturated carbocycles. The van der Waals surface area contributed by atoms with E-state index in [9.17, 15) is 9.59 Å². The van der Waals surface area contributed by atoms with Gasteiger partial charge in [-0.25, -0.2) is 0 Å². The van der Waals surface area contributed by atoms with E-state index < -0.39 is 5.91 Å². The van der Waals surface area contributed by atoms with Gasteiger partial charge in [0.2, 0.25) is 5.91 Å². The summed E-state index contributed by atoms with van der Waals surface area (Å²) in [6.07, 6.45) is 2.19. The van der Waals surface area contributed by atoms with Crippen LogP contribution in [0.25, 0.3) is 0 Å². The Balaban J connectivity index is 1.83. The summed E-state index contributed by atoms with van der Waals surface area (Å²) in [5.74, 6) is 0.589. The van der Waals surface area contributed by atoms with Gasteiger partial charge in [0.25, 0.3) is 5.91 Å². The molecule has 120 valence electrons. The molecule has 0 spiro atoms. The maximum atomic E-state index is 12.2. The Morgan fingerprint density at radius 2 is 2.09 bits per heavy atom. The first kappa shape index (κ1) is 16.3. The van der Waals surface area contributed by atoms with E-state index >= 15 is 0 Å². The summed E-state index contributed by atoms with van der Waals surface area (Å²) in [7, 11) is 1.93. The van der Waals surface area contributed by atoms with E-state index in [1.54, 1.807) is 24.3 Å². The van der Waals surface area contributed by atoms with Crippen molar-refractivity contribution in [2.24, 2.45) is 11.7 Å². The van der Waals surface area contributed by atoms with Gasteiger partial charge in [-0.15, -0.1) is 0 Å². The highest BCUT2D eigenvalue weighted by Crippen LogP contribution is 2.17. The number of carbonyl (C=O) groups excluding carboxylic acids is 2. The fourth-order valence-corrected chi connectivity index (χ4v) is 2.70. The number of hydrogen-bond acceptors (Lipinski definition) is 4. The molecule has 0 aliphatic carbocycles. The minimum absolute atomic E-state index is 0.000203. The van der Waals surface area contributed by atoms with Gasteiger partial charge in [0.05, 0.1) is 0 Å². The van der Waals surface area contributed by atoms with Gasteiger partial charge in [-0.2, -0.15) is 0 Å². The van der Waals surface area contributed by atoms with E-state index in [4.69, 9.17) is 10.5 Å². The number of benzene rings is 1. The van der Waals surface area contributed by atoms with Crippen LogP contribution < -0.4 is 15.8 Å². The lowest BCUT2D eigenvalue weighted by atomic mass is 9.98. The Morgan fingerprint density at radius 1 is 1.36 bits per heavy atom. The third kappa shape index (κ3) is 4.46. The molecule has 0 bridgehead atoms. The molecule has 1 fully saturated rings. The first-order valence-electron chi connectivity index (χ1n) is 7.55. The lowest BCUT2D eigenvalue weighted by Gasteiger charge is -2.32. The second-order valence-electron chi connectivity index (χ2n) is 5.58. The van der Waals surface area contributed by atoms with Gasteiger partial charge in [0.1, 0.15) is 5.75 Å². The monoisotopic (exact) mass is 305 g/mol. The largest absolute Gasteiger partial charge is 0.484 e. The highest BCUT2D eigenvalue weighted by atomic mass is 16.5. The van der Waals surface area contributed by atoms with Crippen molar-refractivity contribution in [2.75, 3.05) is 33.3 Å². The average Bonchev–Trinajstić information content (AvgIpc) is 2.53. The zero-order valence-electron chi connectivity index (χ0n) is 12.9. The van der Waals surface area contributed by atoms with Crippen LogP contribution >= 0.6 is 0 Å². The Bertz CT molecular complexity index is 514.